The summed E-state index contributed by atoms with van der Waals surface area (Å²) < 4.78 is 1.75. The van der Waals surface area contributed by atoms with E-state index in [2.05, 4.69) is 10.4 Å². The van der Waals surface area contributed by atoms with Gasteiger partial charge >= 0.3 is 5.97 Å². The number of benzene rings is 1. The lowest BCUT2D eigenvalue weighted by molar-refractivity contribution is -0.137. The number of rotatable bonds is 6. The summed E-state index contributed by atoms with van der Waals surface area (Å²) in [4.78, 5) is 22.2. The Kier molecular flexibility index (Phi) is 4.34. The minimum absolute atomic E-state index is 0.0623. The molecule has 1 aromatic carbocycles. The summed E-state index contributed by atoms with van der Waals surface area (Å²) in [6.45, 7) is 0.371. The maximum absolute atomic E-state index is 11.8. The lowest BCUT2D eigenvalue weighted by Gasteiger charge is -2.02. The molecule has 0 unspecified atom stereocenters. The first kappa shape index (κ1) is 14.0. The predicted octanol–water partition coefficient (Wildman–Crippen LogP) is 1.10. The number of amides is 1. The van der Waals surface area contributed by atoms with Crippen LogP contribution in [0.15, 0.2) is 24.3 Å². The Morgan fingerprint density at radius 2 is 2.10 bits per heavy atom. The van der Waals surface area contributed by atoms with Crippen LogP contribution in [0.3, 0.4) is 0 Å². The van der Waals surface area contributed by atoms with Gasteiger partial charge in [0.15, 0.2) is 0 Å². The van der Waals surface area contributed by atoms with Crippen LogP contribution in [-0.4, -0.2) is 33.3 Å². The third-order valence-corrected chi connectivity index (χ3v) is 3.05. The molecule has 1 aromatic heterocycles. The van der Waals surface area contributed by atoms with E-state index in [4.69, 9.17) is 5.11 Å². The molecule has 106 valence electrons. The van der Waals surface area contributed by atoms with E-state index in [9.17, 15) is 9.59 Å². The van der Waals surface area contributed by atoms with Crippen molar-refractivity contribution in [1.29, 1.82) is 0 Å². The molecule has 1 heterocycles. The van der Waals surface area contributed by atoms with Gasteiger partial charge in [0.2, 0.25) is 5.91 Å². The lowest BCUT2D eigenvalue weighted by Crippen LogP contribution is -2.26. The Morgan fingerprint density at radius 1 is 1.35 bits per heavy atom. The van der Waals surface area contributed by atoms with E-state index in [0.29, 0.717) is 13.0 Å². The van der Waals surface area contributed by atoms with Gasteiger partial charge in [-0.25, -0.2) is 0 Å². The number of nitrogens with one attached hydrogen (secondary N) is 1. The number of para-hydroxylation sites is 1. The Morgan fingerprint density at radius 3 is 2.85 bits per heavy atom. The molecular formula is C14H17N3O3. The Bertz CT molecular complexity index is 634. The van der Waals surface area contributed by atoms with Gasteiger partial charge in [-0.3, -0.25) is 14.3 Å². The van der Waals surface area contributed by atoms with E-state index in [1.807, 2.05) is 31.3 Å². The summed E-state index contributed by atoms with van der Waals surface area (Å²) in [6, 6.07) is 7.74. The van der Waals surface area contributed by atoms with Gasteiger partial charge < -0.3 is 10.4 Å². The van der Waals surface area contributed by atoms with Gasteiger partial charge in [-0.2, -0.15) is 5.10 Å². The molecule has 0 radical (unpaired) electrons. The number of nitrogens with zero attached hydrogens (tertiary/aromatic N) is 2. The number of carbonyl (C=O) groups excluding carboxylic acids is 1. The second kappa shape index (κ2) is 6.18. The van der Waals surface area contributed by atoms with Crippen LogP contribution in [0.2, 0.25) is 0 Å². The Hall–Kier alpha value is -2.37. The number of carboxylic acid groups (broad SMARTS) is 1. The molecule has 0 atom stereocenters. The summed E-state index contributed by atoms with van der Waals surface area (Å²) in [6.07, 6.45) is 0.700. The van der Waals surface area contributed by atoms with Crippen LogP contribution < -0.4 is 5.32 Å². The second-order valence-electron chi connectivity index (χ2n) is 4.61. The number of aromatic nitrogens is 2. The van der Waals surface area contributed by atoms with Crippen molar-refractivity contribution in [1.82, 2.24) is 15.1 Å². The number of carboxylic acids is 1. The molecule has 2 rings (SSSR count). The highest BCUT2D eigenvalue weighted by Gasteiger charge is 2.11. The van der Waals surface area contributed by atoms with Crippen LogP contribution in [0.25, 0.3) is 10.9 Å². The lowest BCUT2D eigenvalue weighted by atomic mass is 10.1. The Balaban J connectivity index is 1.95. The van der Waals surface area contributed by atoms with E-state index < -0.39 is 5.97 Å². The fourth-order valence-corrected chi connectivity index (χ4v) is 2.10. The molecule has 0 aliphatic rings. The molecule has 6 heteroatoms. The number of aliphatic carboxylic acids is 1. The highest BCUT2D eigenvalue weighted by Crippen LogP contribution is 2.17. The van der Waals surface area contributed by atoms with E-state index in [1.165, 1.54) is 0 Å². The molecule has 0 spiro atoms. The van der Waals surface area contributed by atoms with Gasteiger partial charge in [-0.15, -0.1) is 0 Å². The smallest absolute Gasteiger partial charge is 0.303 e. The first-order chi connectivity index (χ1) is 9.58. The fraction of sp³-hybridized carbons (Fsp3) is 0.357. The first-order valence-electron chi connectivity index (χ1n) is 6.47. The monoisotopic (exact) mass is 275 g/mol. The minimum atomic E-state index is -0.852. The van der Waals surface area contributed by atoms with Crippen molar-refractivity contribution in [2.75, 3.05) is 6.54 Å². The van der Waals surface area contributed by atoms with Gasteiger partial charge in [-0.1, -0.05) is 18.2 Å². The standard InChI is InChI=1S/C14H17N3O3/c1-17-12-6-3-2-5-10(12)11(16-17)9-13(18)15-8-4-7-14(19)20/h2-3,5-6H,4,7-9H2,1H3,(H,15,18)(H,19,20). The normalized spacial score (nSPS) is 10.7. The first-order valence-corrected chi connectivity index (χ1v) is 6.47. The van der Waals surface area contributed by atoms with Crippen molar-refractivity contribution in [2.24, 2.45) is 7.05 Å². The predicted molar refractivity (Wildman–Crippen MR) is 74.3 cm³/mol. The van der Waals surface area contributed by atoms with Gasteiger partial charge in [0, 0.05) is 25.4 Å². The summed E-state index contributed by atoms with van der Waals surface area (Å²) in [5.74, 6) is -0.991. The maximum atomic E-state index is 11.8. The summed E-state index contributed by atoms with van der Waals surface area (Å²) in [5.41, 5.74) is 1.72. The van der Waals surface area contributed by atoms with Crippen molar-refractivity contribution in [2.45, 2.75) is 19.3 Å². The zero-order chi connectivity index (χ0) is 14.5. The van der Waals surface area contributed by atoms with E-state index >= 15 is 0 Å². The molecule has 20 heavy (non-hydrogen) atoms. The van der Waals surface area contributed by atoms with Gasteiger partial charge in [0.25, 0.3) is 0 Å². The topological polar surface area (TPSA) is 84.2 Å². The number of hydrogen-bond donors (Lipinski definition) is 2. The van der Waals surface area contributed by atoms with Crippen LogP contribution in [0.4, 0.5) is 0 Å². The molecule has 6 nitrogen and oxygen atoms in total. The van der Waals surface area contributed by atoms with Crippen LogP contribution in [0.1, 0.15) is 18.5 Å². The molecule has 0 bridgehead atoms. The highest BCUT2D eigenvalue weighted by molar-refractivity contribution is 5.87. The zero-order valence-corrected chi connectivity index (χ0v) is 11.3. The molecule has 0 saturated heterocycles. The maximum Gasteiger partial charge on any atom is 0.303 e. The Labute approximate surface area is 116 Å². The van der Waals surface area contributed by atoms with E-state index in [0.717, 1.165) is 16.6 Å². The number of aryl methyl sites for hydroxylation is 1. The third kappa shape index (κ3) is 3.34. The molecule has 2 aromatic rings. The average molecular weight is 275 g/mol. The van der Waals surface area contributed by atoms with Crippen molar-refractivity contribution >= 4 is 22.8 Å². The molecular weight excluding hydrogens is 258 g/mol. The van der Waals surface area contributed by atoms with Gasteiger partial charge in [0.05, 0.1) is 17.6 Å². The van der Waals surface area contributed by atoms with E-state index in [1.54, 1.807) is 4.68 Å². The van der Waals surface area contributed by atoms with Crippen LogP contribution in [-0.2, 0) is 23.1 Å². The summed E-state index contributed by atoms with van der Waals surface area (Å²) in [7, 11) is 1.84. The quantitative estimate of drug-likeness (QED) is 0.773. The van der Waals surface area contributed by atoms with Crippen molar-refractivity contribution < 1.29 is 14.7 Å². The third-order valence-electron chi connectivity index (χ3n) is 3.05. The summed E-state index contributed by atoms with van der Waals surface area (Å²) >= 11 is 0. The van der Waals surface area contributed by atoms with Gasteiger partial charge in [-0.05, 0) is 12.5 Å². The van der Waals surface area contributed by atoms with Crippen LogP contribution in [0, 0.1) is 0 Å². The van der Waals surface area contributed by atoms with Crippen molar-refractivity contribution in [3.63, 3.8) is 0 Å². The molecule has 1 amide bonds. The van der Waals surface area contributed by atoms with Crippen LogP contribution >= 0.6 is 0 Å². The minimum Gasteiger partial charge on any atom is -0.481 e. The number of carbonyl (C=O) groups is 2. The number of hydrogen-bond acceptors (Lipinski definition) is 3. The largest absolute Gasteiger partial charge is 0.481 e. The SMILES string of the molecule is Cn1nc(CC(=O)NCCCC(=O)O)c2ccccc21. The highest BCUT2D eigenvalue weighted by atomic mass is 16.4. The fourth-order valence-electron chi connectivity index (χ4n) is 2.10. The molecule has 0 fully saturated rings. The zero-order valence-electron chi connectivity index (χ0n) is 11.3. The van der Waals surface area contributed by atoms with Gasteiger partial charge in [0.1, 0.15) is 0 Å². The molecule has 0 aliphatic carbocycles. The molecule has 0 aliphatic heterocycles. The van der Waals surface area contributed by atoms with Crippen molar-refractivity contribution in [3.05, 3.63) is 30.0 Å². The number of fused-ring (bicyclic) bond motifs is 1. The van der Waals surface area contributed by atoms with E-state index in [-0.39, 0.29) is 18.7 Å². The van der Waals surface area contributed by atoms with Crippen molar-refractivity contribution in [3.8, 4) is 0 Å². The molecule has 2 N–H and O–H groups in total. The molecule has 0 saturated carbocycles. The second-order valence-corrected chi connectivity index (χ2v) is 4.61. The van der Waals surface area contributed by atoms with Crippen LogP contribution in [0.5, 0.6) is 0 Å². The average Bonchev–Trinajstić information content (AvgIpc) is 2.72. The summed E-state index contributed by atoms with van der Waals surface area (Å²) in [5, 5.41) is 16.5.